The number of hydrogen-bond donors (Lipinski definition) is 1. The first kappa shape index (κ1) is 9.00. The Labute approximate surface area is 79.3 Å². The first-order chi connectivity index (χ1) is 6.18. The number of amides is 1. The van der Waals surface area contributed by atoms with E-state index >= 15 is 0 Å². The monoisotopic (exact) mass is 182 g/mol. The van der Waals surface area contributed by atoms with Crippen LogP contribution in [0.1, 0.15) is 32.6 Å². The maximum atomic E-state index is 11.6. The van der Waals surface area contributed by atoms with Crippen LogP contribution in [0.3, 0.4) is 0 Å². The van der Waals surface area contributed by atoms with Crippen molar-refractivity contribution in [3.05, 3.63) is 0 Å². The SMILES string of the molecule is CC1CCC(N2CCC(N)C2=O)C1. The van der Waals surface area contributed by atoms with Gasteiger partial charge in [0.1, 0.15) is 0 Å². The average Bonchev–Trinajstić information content (AvgIpc) is 2.62. The topological polar surface area (TPSA) is 46.3 Å². The summed E-state index contributed by atoms with van der Waals surface area (Å²) in [6.45, 7) is 3.15. The summed E-state index contributed by atoms with van der Waals surface area (Å²) in [6.07, 6.45) is 4.48. The second-order valence-electron chi connectivity index (χ2n) is 4.50. The molecule has 2 N–H and O–H groups in total. The third kappa shape index (κ3) is 1.57. The molecule has 3 unspecified atom stereocenters. The Morgan fingerprint density at radius 1 is 1.38 bits per heavy atom. The largest absolute Gasteiger partial charge is 0.338 e. The van der Waals surface area contributed by atoms with Crippen molar-refractivity contribution in [2.75, 3.05) is 6.54 Å². The summed E-state index contributed by atoms with van der Waals surface area (Å²) >= 11 is 0. The fraction of sp³-hybridized carbons (Fsp3) is 0.900. The van der Waals surface area contributed by atoms with Crippen molar-refractivity contribution in [2.24, 2.45) is 11.7 Å². The lowest BCUT2D eigenvalue weighted by atomic mass is 10.1. The third-order valence-corrected chi connectivity index (χ3v) is 3.39. The summed E-state index contributed by atoms with van der Waals surface area (Å²) in [7, 11) is 0. The molecule has 74 valence electrons. The highest BCUT2D eigenvalue weighted by atomic mass is 16.2. The summed E-state index contributed by atoms with van der Waals surface area (Å²) in [5, 5.41) is 0. The Bertz CT molecular complexity index is 217. The molecule has 0 aromatic carbocycles. The van der Waals surface area contributed by atoms with Crippen LogP contribution in [0.2, 0.25) is 0 Å². The molecule has 2 fully saturated rings. The number of nitrogens with zero attached hydrogens (tertiary/aromatic N) is 1. The zero-order chi connectivity index (χ0) is 9.42. The zero-order valence-electron chi connectivity index (χ0n) is 8.20. The van der Waals surface area contributed by atoms with Gasteiger partial charge >= 0.3 is 0 Å². The number of hydrogen-bond acceptors (Lipinski definition) is 2. The standard InChI is InChI=1S/C10H18N2O/c1-7-2-3-8(6-7)12-5-4-9(11)10(12)13/h7-9H,2-6,11H2,1H3. The quantitative estimate of drug-likeness (QED) is 0.650. The highest BCUT2D eigenvalue weighted by molar-refractivity contribution is 5.84. The second-order valence-corrected chi connectivity index (χ2v) is 4.50. The van der Waals surface area contributed by atoms with Crippen LogP contribution in [-0.2, 0) is 4.79 Å². The molecule has 1 saturated carbocycles. The Balaban J connectivity index is 1.98. The van der Waals surface area contributed by atoms with Gasteiger partial charge in [0.2, 0.25) is 5.91 Å². The van der Waals surface area contributed by atoms with Crippen molar-refractivity contribution in [3.8, 4) is 0 Å². The van der Waals surface area contributed by atoms with E-state index in [1.165, 1.54) is 19.3 Å². The summed E-state index contributed by atoms with van der Waals surface area (Å²) in [5.74, 6) is 0.966. The van der Waals surface area contributed by atoms with Crippen LogP contribution in [0.25, 0.3) is 0 Å². The molecule has 0 bridgehead atoms. The average molecular weight is 182 g/mol. The van der Waals surface area contributed by atoms with Crippen LogP contribution in [0.15, 0.2) is 0 Å². The predicted molar refractivity (Wildman–Crippen MR) is 51.1 cm³/mol. The van der Waals surface area contributed by atoms with E-state index < -0.39 is 0 Å². The molecular weight excluding hydrogens is 164 g/mol. The van der Waals surface area contributed by atoms with Gasteiger partial charge in [-0.25, -0.2) is 0 Å². The van der Waals surface area contributed by atoms with Gasteiger partial charge in [0, 0.05) is 12.6 Å². The van der Waals surface area contributed by atoms with E-state index in [0.717, 1.165) is 18.9 Å². The molecule has 0 radical (unpaired) electrons. The molecule has 2 aliphatic rings. The Morgan fingerprint density at radius 3 is 2.62 bits per heavy atom. The van der Waals surface area contributed by atoms with Crippen LogP contribution in [-0.4, -0.2) is 29.4 Å². The first-order valence-electron chi connectivity index (χ1n) is 5.24. The Kier molecular flexibility index (Phi) is 2.28. The smallest absolute Gasteiger partial charge is 0.239 e. The molecule has 1 saturated heterocycles. The fourth-order valence-electron chi connectivity index (χ4n) is 2.55. The number of likely N-dealkylation sites (tertiary alicyclic amines) is 1. The van der Waals surface area contributed by atoms with E-state index in [1.54, 1.807) is 0 Å². The summed E-state index contributed by atoms with van der Waals surface area (Å²) in [5.41, 5.74) is 5.68. The van der Waals surface area contributed by atoms with Crippen LogP contribution in [0.4, 0.5) is 0 Å². The van der Waals surface area contributed by atoms with Crippen molar-refractivity contribution in [1.29, 1.82) is 0 Å². The van der Waals surface area contributed by atoms with Gasteiger partial charge < -0.3 is 10.6 Å². The van der Waals surface area contributed by atoms with Gasteiger partial charge in [-0.2, -0.15) is 0 Å². The molecule has 3 atom stereocenters. The highest BCUT2D eigenvalue weighted by Gasteiger charge is 2.36. The van der Waals surface area contributed by atoms with Crippen LogP contribution < -0.4 is 5.73 Å². The van der Waals surface area contributed by atoms with E-state index in [1.807, 2.05) is 4.90 Å². The Hall–Kier alpha value is -0.570. The molecule has 1 aliphatic heterocycles. The van der Waals surface area contributed by atoms with E-state index in [0.29, 0.717) is 6.04 Å². The molecule has 3 heteroatoms. The van der Waals surface area contributed by atoms with Crippen molar-refractivity contribution in [1.82, 2.24) is 4.90 Å². The van der Waals surface area contributed by atoms with E-state index in [9.17, 15) is 4.79 Å². The zero-order valence-corrected chi connectivity index (χ0v) is 8.20. The van der Waals surface area contributed by atoms with Gasteiger partial charge in [-0.15, -0.1) is 0 Å². The van der Waals surface area contributed by atoms with Gasteiger partial charge in [0.25, 0.3) is 0 Å². The summed E-state index contributed by atoms with van der Waals surface area (Å²) in [6, 6.07) is 0.284. The number of rotatable bonds is 1. The number of carbonyl (C=O) groups excluding carboxylic acids is 1. The molecule has 3 nitrogen and oxygen atoms in total. The minimum Gasteiger partial charge on any atom is -0.338 e. The Morgan fingerprint density at radius 2 is 2.15 bits per heavy atom. The van der Waals surface area contributed by atoms with Crippen molar-refractivity contribution in [2.45, 2.75) is 44.7 Å². The molecule has 0 aromatic rings. The number of carbonyl (C=O) groups is 1. The van der Waals surface area contributed by atoms with Crippen LogP contribution >= 0.6 is 0 Å². The van der Waals surface area contributed by atoms with Gasteiger partial charge in [-0.1, -0.05) is 6.92 Å². The molecule has 1 amide bonds. The lowest BCUT2D eigenvalue weighted by Crippen LogP contribution is -2.39. The van der Waals surface area contributed by atoms with E-state index in [2.05, 4.69) is 6.92 Å². The molecule has 13 heavy (non-hydrogen) atoms. The van der Waals surface area contributed by atoms with Crippen molar-refractivity contribution < 1.29 is 4.79 Å². The van der Waals surface area contributed by atoms with E-state index in [4.69, 9.17) is 5.73 Å². The lowest BCUT2D eigenvalue weighted by Gasteiger charge is -2.23. The minimum atomic E-state index is -0.212. The van der Waals surface area contributed by atoms with Gasteiger partial charge in [-0.3, -0.25) is 4.79 Å². The van der Waals surface area contributed by atoms with Gasteiger partial charge in [0.15, 0.2) is 0 Å². The molecule has 2 rings (SSSR count). The fourth-order valence-corrected chi connectivity index (χ4v) is 2.55. The maximum Gasteiger partial charge on any atom is 0.239 e. The molecule has 0 spiro atoms. The van der Waals surface area contributed by atoms with E-state index in [-0.39, 0.29) is 11.9 Å². The van der Waals surface area contributed by atoms with Crippen molar-refractivity contribution in [3.63, 3.8) is 0 Å². The first-order valence-corrected chi connectivity index (χ1v) is 5.24. The summed E-state index contributed by atoms with van der Waals surface area (Å²) in [4.78, 5) is 13.6. The van der Waals surface area contributed by atoms with Crippen LogP contribution in [0, 0.1) is 5.92 Å². The maximum absolute atomic E-state index is 11.6. The number of nitrogens with two attached hydrogens (primary N) is 1. The molecule has 1 aliphatic carbocycles. The molecular formula is C10H18N2O. The van der Waals surface area contributed by atoms with Gasteiger partial charge in [0.05, 0.1) is 6.04 Å². The van der Waals surface area contributed by atoms with Crippen molar-refractivity contribution >= 4 is 5.91 Å². The second kappa shape index (κ2) is 3.29. The third-order valence-electron chi connectivity index (χ3n) is 3.39. The predicted octanol–water partition coefficient (Wildman–Crippen LogP) is 0.735. The molecule has 0 aromatic heterocycles. The van der Waals surface area contributed by atoms with Gasteiger partial charge in [-0.05, 0) is 31.6 Å². The molecule has 1 heterocycles. The normalized spacial score (nSPS) is 40.3. The summed E-state index contributed by atoms with van der Waals surface area (Å²) < 4.78 is 0. The highest BCUT2D eigenvalue weighted by Crippen LogP contribution is 2.30. The minimum absolute atomic E-state index is 0.180. The lowest BCUT2D eigenvalue weighted by molar-refractivity contribution is -0.130. The van der Waals surface area contributed by atoms with Crippen LogP contribution in [0.5, 0.6) is 0 Å².